The molecule has 0 aliphatic rings. The van der Waals surface area contributed by atoms with E-state index in [-0.39, 0.29) is 17.1 Å². The quantitative estimate of drug-likeness (QED) is 0.835. The summed E-state index contributed by atoms with van der Waals surface area (Å²) < 4.78 is 13.4. The van der Waals surface area contributed by atoms with Crippen LogP contribution in [-0.4, -0.2) is 17.6 Å². The van der Waals surface area contributed by atoms with Crippen molar-refractivity contribution in [2.24, 2.45) is 5.73 Å². The third-order valence-electron chi connectivity index (χ3n) is 2.20. The van der Waals surface area contributed by atoms with Gasteiger partial charge in [-0.25, -0.2) is 4.39 Å². The van der Waals surface area contributed by atoms with E-state index in [1.807, 2.05) is 0 Å². The summed E-state index contributed by atoms with van der Waals surface area (Å²) in [5.41, 5.74) is 5.88. The van der Waals surface area contributed by atoms with Gasteiger partial charge in [0, 0.05) is 12.1 Å². The second-order valence-electron chi connectivity index (χ2n) is 3.22. The minimum atomic E-state index is -1.18. The highest BCUT2D eigenvalue weighted by Gasteiger charge is 2.25. The van der Waals surface area contributed by atoms with Crippen molar-refractivity contribution >= 4 is 17.6 Å². The molecule has 0 radical (unpaired) electrons. The maximum absolute atomic E-state index is 13.4. The van der Waals surface area contributed by atoms with Gasteiger partial charge in [-0.2, -0.15) is 0 Å². The third kappa shape index (κ3) is 2.27. The maximum atomic E-state index is 13.4. The predicted octanol–water partition coefficient (Wildman–Crippen LogP) is 1.91. The topological polar surface area (TPSA) is 63.3 Å². The van der Waals surface area contributed by atoms with E-state index in [4.69, 9.17) is 22.4 Å². The Balaban J connectivity index is 3.34. The van der Waals surface area contributed by atoms with Gasteiger partial charge < -0.3 is 10.8 Å². The Kier molecular flexibility index (Phi) is 3.66. The molecule has 0 heterocycles. The molecule has 5 heteroatoms. The Morgan fingerprint density at radius 2 is 2.27 bits per heavy atom. The number of hydrogen-bond acceptors (Lipinski definition) is 2. The summed E-state index contributed by atoms with van der Waals surface area (Å²) in [5.74, 6) is -2.91. The summed E-state index contributed by atoms with van der Waals surface area (Å²) in [4.78, 5) is 10.8. The molecule has 15 heavy (non-hydrogen) atoms. The fourth-order valence-corrected chi connectivity index (χ4v) is 1.62. The Morgan fingerprint density at radius 1 is 1.67 bits per heavy atom. The van der Waals surface area contributed by atoms with Crippen molar-refractivity contribution in [2.75, 3.05) is 6.54 Å². The zero-order chi connectivity index (χ0) is 11.6. The van der Waals surface area contributed by atoms with Gasteiger partial charge in [-0.3, -0.25) is 4.79 Å². The Morgan fingerprint density at radius 3 is 2.73 bits per heavy atom. The van der Waals surface area contributed by atoms with Crippen LogP contribution in [-0.2, 0) is 4.79 Å². The van der Waals surface area contributed by atoms with Gasteiger partial charge in [0.1, 0.15) is 5.82 Å². The summed E-state index contributed by atoms with van der Waals surface area (Å²) in [6.07, 6.45) is 0. The number of carboxylic acid groups (broad SMARTS) is 1. The van der Waals surface area contributed by atoms with E-state index in [1.165, 1.54) is 12.1 Å². The molecular weight excluding hydrogens is 221 g/mol. The van der Waals surface area contributed by atoms with Gasteiger partial charge in [-0.1, -0.05) is 17.7 Å². The number of hydrogen-bond donors (Lipinski definition) is 2. The van der Waals surface area contributed by atoms with E-state index in [0.717, 1.165) is 0 Å². The van der Waals surface area contributed by atoms with Gasteiger partial charge in [0.15, 0.2) is 0 Å². The van der Waals surface area contributed by atoms with E-state index in [2.05, 4.69) is 0 Å². The zero-order valence-corrected chi connectivity index (χ0v) is 8.88. The number of nitrogens with two attached hydrogens (primary N) is 1. The standard InChI is InChI=1S/C10H11ClFNO2/c1-5-2-3-7(12)8(9(5)11)6(4-13)10(14)15/h2-3,6H,4,13H2,1H3,(H,14,15). The fraction of sp³-hybridized carbons (Fsp3) is 0.300. The second kappa shape index (κ2) is 4.59. The van der Waals surface area contributed by atoms with Crippen LogP contribution in [0.15, 0.2) is 12.1 Å². The molecule has 0 aromatic heterocycles. The second-order valence-corrected chi connectivity index (χ2v) is 3.60. The van der Waals surface area contributed by atoms with Crippen LogP contribution in [0.3, 0.4) is 0 Å². The Bertz CT molecular complexity index is 395. The van der Waals surface area contributed by atoms with Crippen LogP contribution in [0.2, 0.25) is 5.02 Å². The molecule has 0 spiro atoms. The molecule has 0 saturated carbocycles. The van der Waals surface area contributed by atoms with Gasteiger partial charge >= 0.3 is 5.97 Å². The number of rotatable bonds is 3. The molecule has 0 amide bonds. The lowest BCUT2D eigenvalue weighted by atomic mass is 9.97. The molecule has 0 fully saturated rings. The Labute approximate surface area is 91.7 Å². The summed E-state index contributed by atoms with van der Waals surface area (Å²) in [6.45, 7) is 1.50. The molecule has 1 aromatic rings. The van der Waals surface area contributed by atoms with Crippen molar-refractivity contribution in [3.8, 4) is 0 Å². The predicted molar refractivity (Wildman–Crippen MR) is 55.6 cm³/mol. The average molecular weight is 232 g/mol. The van der Waals surface area contributed by atoms with Crippen molar-refractivity contribution in [1.29, 1.82) is 0 Å². The number of benzene rings is 1. The molecule has 1 aromatic carbocycles. The van der Waals surface area contributed by atoms with E-state index in [9.17, 15) is 9.18 Å². The molecule has 3 N–H and O–H groups in total. The van der Waals surface area contributed by atoms with Crippen LogP contribution in [0.25, 0.3) is 0 Å². The molecule has 0 aliphatic heterocycles. The maximum Gasteiger partial charge on any atom is 0.312 e. The number of carbonyl (C=O) groups is 1. The zero-order valence-electron chi connectivity index (χ0n) is 8.13. The van der Waals surface area contributed by atoms with Gasteiger partial charge in [-0.05, 0) is 18.6 Å². The minimum Gasteiger partial charge on any atom is -0.481 e. The first-order valence-corrected chi connectivity index (χ1v) is 4.74. The van der Waals surface area contributed by atoms with E-state index in [1.54, 1.807) is 6.92 Å². The molecule has 1 atom stereocenters. The number of aryl methyl sites for hydroxylation is 1. The SMILES string of the molecule is Cc1ccc(F)c(C(CN)C(=O)O)c1Cl. The van der Waals surface area contributed by atoms with Crippen molar-refractivity contribution < 1.29 is 14.3 Å². The third-order valence-corrected chi connectivity index (χ3v) is 2.70. The first-order valence-electron chi connectivity index (χ1n) is 4.36. The number of halogens is 2. The minimum absolute atomic E-state index is 0.0355. The van der Waals surface area contributed by atoms with E-state index >= 15 is 0 Å². The van der Waals surface area contributed by atoms with Gasteiger partial charge in [0.25, 0.3) is 0 Å². The normalized spacial score (nSPS) is 12.5. The highest BCUT2D eigenvalue weighted by atomic mass is 35.5. The van der Waals surface area contributed by atoms with Crippen molar-refractivity contribution in [2.45, 2.75) is 12.8 Å². The molecule has 3 nitrogen and oxygen atoms in total. The lowest BCUT2D eigenvalue weighted by Crippen LogP contribution is -2.22. The molecule has 0 saturated heterocycles. The van der Waals surface area contributed by atoms with Crippen molar-refractivity contribution in [3.05, 3.63) is 34.1 Å². The Hall–Kier alpha value is -1.13. The molecule has 1 rings (SSSR count). The molecule has 82 valence electrons. The van der Waals surface area contributed by atoms with Crippen LogP contribution in [0.5, 0.6) is 0 Å². The van der Waals surface area contributed by atoms with E-state index < -0.39 is 17.7 Å². The lowest BCUT2D eigenvalue weighted by molar-refractivity contribution is -0.138. The largest absolute Gasteiger partial charge is 0.481 e. The summed E-state index contributed by atoms with van der Waals surface area (Å²) in [7, 11) is 0. The van der Waals surface area contributed by atoms with Crippen molar-refractivity contribution in [3.63, 3.8) is 0 Å². The monoisotopic (exact) mass is 231 g/mol. The highest BCUT2D eigenvalue weighted by molar-refractivity contribution is 6.32. The number of carboxylic acids is 1. The number of aliphatic carboxylic acids is 1. The summed E-state index contributed by atoms with van der Waals surface area (Å²) in [5, 5.41) is 8.99. The van der Waals surface area contributed by atoms with Crippen LogP contribution in [0.1, 0.15) is 17.0 Å². The smallest absolute Gasteiger partial charge is 0.312 e. The van der Waals surface area contributed by atoms with Crippen LogP contribution in [0.4, 0.5) is 4.39 Å². The first kappa shape index (κ1) is 11.9. The summed E-state index contributed by atoms with van der Waals surface area (Å²) >= 11 is 5.86. The van der Waals surface area contributed by atoms with Gasteiger partial charge in [0.05, 0.1) is 10.9 Å². The lowest BCUT2D eigenvalue weighted by Gasteiger charge is -2.14. The van der Waals surface area contributed by atoms with Crippen LogP contribution < -0.4 is 5.73 Å². The van der Waals surface area contributed by atoms with E-state index in [0.29, 0.717) is 5.56 Å². The highest BCUT2D eigenvalue weighted by Crippen LogP contribution is 2.29. The first-order chi connectivity index (χ1) is 6.99. The van der Waals surface area contributed by atoms with Gasteiger partial charge in [0.2, 0.25) is 0 Å². The molecular formula is C10H11ClFNO2. The van der Waals surface area contributed by atoms with Crippen molar-refractivity contribution in [1.82, 2.24) is 0 Å². The summed E-state index contributed by atoms with van der Waals surface area (Å²) in [6, 6.07) is 2.69. The molecule has 0 aliphatic carbocycles. The van der Waals surface area contributed by atoms with Crippen LogP contribution in [0, 0.1) is 12.7 Å². The molecule has 1 unspecified atom stereocenters. The van der Waals surface area contributed by atoms with Gasteiger partial charge in [-0.15, -0.1) is 0 Å². The fourth-order valence-electron chi connectivity index (χ4n) is 1.34. The van der Waals surface area contributed by atoms with Crippen LogP contribution >= 0.6 is 11.6 Å². The average Bonchev–Trinajstić information content (AvgIpc) is 2.18. The molecule has 0 bridgehead atoms.